The van der Waals surface area contributed by atoms with Gasteiger partial charge < -0.3 is 20.8 Å². The van der Waals surface area contributed by atoms with Crippen LogP contribution in [-0.4, -0.2) is 28.0 Å². The number of hydrogen-bond acceptors (Lipinski definition) is 6. The van der Waals surface area contributed by atoms with Crippen LogP contribution in [0, 0.1) is 0 Å². The lowest BCUT2D eigenvalue weighted by atomic mass is 10.3. The lowest BCUT2D eigenvalue weighted by Gasteiger charge is -2.13. The molecule has 29 heavy (non-hydrogen) atoms. The number of ether oxygens (including phenoxy) is 1. The topological polar surface area (TPSA) is 76.0 Å². The SMILES string of the molecule is CC.CC(N)C1Nc2ccc(OCCc3ncc[nH]3)cc2S1.Sc1ccccc1. The molecule has 2 atom stereocenters. The van der Waals surface area contributed by atoms with E-state index in [2.05, 4.69) is 34.0 Å². The molecule has 2 aromatic carbocycles. The van der Waals surface area contributed by atoms with Crippen LogP contribution >= 0.6 is 24.4 Å². The van der Waals surface area contributed by atoms with Crippen LogP contribution in [0.3, 0.4) is 0 Å². The van der Waals surface area contributed by atoms with Crippen molar-refractivity contribution >= 4 is 30.1 Å². The van der Waals surface area contributed by atoms with Crippen LogP contribution in [0.1, 0.15) is 26.6 Å². The molecule has 7 heteroatoms. The summed E-state index contributed by atoms with van der Waals surface area (Å²) in [6.07, 6.45) is 4.35. The number of anilines is 1. The van der Waals surface area contributed by atoms with Crippen LogP contribution in [0.25, 0.3) is 0 Å². The van der Waals surface area contributed by atoms with E-state index in [-0.39, 0.29) is 11.4 Å². The molecule has 1 aliphatic heterocycles. The number of thiol groups is 1. The van der Waals surface area contributed by atoms with Crippen molar-refractivity contribution in [3.05, 3.63) is 66.7 Å². The lowest BCUT2D eigenvalue weighted by Crippen LogP contribution is -2.32. The molecular weight excluding hydrogens is 400 g/mol. The number of hydrogen-bond donors (Lipinski definition) is 4. The summed E-state index contributed by atoms with van der Waals surface area (Å²) in [5, 5.41) is 3.65. The van der Waals surface area contributed by atoms with E-state index >= 15 is 0 Å². The van der Waals surface area contributed by atoms with Gasteiger partial charge in [0.2, 0.25) is 0 Å². The molecule has 3 aromatic rings. The van der Waals surface area contributed by atoms with Gasteiger partial charge in [-0.25, -0.2) is 4.98 Å². The Kier molecular flexibility index (Phi) is 9.97. The molecule has 2 heterocycles. The Labute approximate surface area is 183 Å². The Hall–Kier alpha value is -2.09. The zero-order valence-electron chi connectivity index (χ0n) is 17.1. The number of nitrogens with zero attached hydrogens (tertiary/aromatic N) is 1. The van der Waals surface area contributed by atoms with Gasteiger partial charge >= 0.3 is 0 Å². The predicted octanol–water partition coefficient (Wildman–Crippen LogP) is 5.22. The second-order valence-electron chi connectivity index (χ2n) is 6.17. The van der Waals surface area contributed by atoms with Crippen LogP contribution in [0.5, 0.6) is 5.75 Å². The molecule has 1 aliphatic rings. The van der Waals surface area contributed by atoms with Crippen LogP contribution in [0.4, 0.5) is 5.69 Å². The van der Waals surface area contributed by atoms with E-state index in [9.17, 15) is 0 Å². The maximum absolute atomic E-state index is 5.92. The number of rotatable bonds is 5. The van der Waals surface area contributed by atoms with Crippen molar-refractivity contribution < 1.29 is 4.74 Å². The van der Waals surface area contributed by atoms with Gasteiger partial charge in [0, 0.05) is 40.3 Å². The minimum absolute atomic E-state index is 0.107. The van der Waals surface area contributed by atoms with E-state index in [0.29, 0.717) is 6.61 Å². The van der Waals surface area contributed by atoms with Gasteiger partial charge in [-0.05, 0) is 37.3 Å². The first kappa shape index (κ1) is 23.2. The average molecular weight is 431 g/mol. The second kappa shape index (κ2) is 12.5. The van der Waals surface area contributed by atoms with Crippen molar-refractivity contribution in [1.29, 1.82) is 0 Å². The fraction of sp³-hybridized carbons (Fsp3) is 0.318. The van der Waals surface area contributed by atoms with Gasteiger partial charge in [-0.1, -0.05) is 43.8 Å². The van der Waals surface area contributed by atoms with E-state index in [1.54, 1.807) is 18.0 Å². The lowest BCUT2D eigenvalue weighted by molar-refractivity contribution is 0.318. The van der Waals surface area contributed by atoms with Crippen LogP contribution in [-0.2, 0) is 6.42 Å². The van der Waals surface area contributed by atoms with Gasteiger partial charge in [0.25, 0.3) is 0 Å². The summed E-state index contributed by atoms with van der Waals surface area (Å²) in [6, 6.07) is 16.0. The minimum Gasteiger partial charge on any atom is -0.493 e. The molecule has 0 saturated carbocycles. The van der Waals surface area contributed by atoms with Crippen molar-refractivity contribution in [2.75, 3.05) is 11.9 Å². The quantitative estimate of drug-likeness (QED) is 0.417. The number of aromatic amines is 1. The molecule has 4 rings (SSSR count). The molecular formula is C22H30N4OS2. The third-order valence-electron chi connectivity index (χ3n) is 3.90. The summed E-state index contributed by atoms with van der Waals surface area (Å²) < 4.78 is 5.77. The summed E-state index contributed by atoms with van der Waals surface area (Å²) in [4.78, 5) is 9.45. The number of aromatic nitrogens is 2. The van der Waals surface area contributed by atoms with Crippen LogP contribution in [0.2, 0.25) is 0 Å². The maximum Gasteiger partial charge on any atom is 0.120 e. The maximum atomic E-state index is 5.92. The van der Waals surface area contributed by atoms with Crippen molar-refractivity contribution in [3.8, 4) is 5.75 Å². The molecule has 2 unspecified atom stereocenters. The van der Waals surface area contributed by atoms with Crippen molar-refractivity contribution in [2.24, 2.45) is 5.73 Å². The Balaban J connectivity index is 0.000000280. The minimum atomic E-state index is 0.107. The Bertz CT molecular complexity index is 826. The highest BCUT2D eigenvalue weighted by atomic mass is 32.2. The number of imidazole rings is 1. The van der Waals surface area contributed by atoms with Gasteiger partial charge in [0.1, 0.15) is 11.6 Å². The molecule has 0 fully saturated rings. The first-order chi connectivity index (χ1) is 14.1. The first-order valence-corrected chi connectivity index (χ1v) is 11.1. The van der Waals surface area contributed by atoms with E-state index in [1.807, 2.05) is 69.4 Å². The predicted molar refractivity (Wildman–Crippen MR) is 126 cm³/mol. The largest absolute Gasteiger partial charge is 0.493 e. The second-order valence-corrected chi connectivity index (χ2v) is 7.87. The van der Waals surface area contributed by atoms with Gasteiger partial charge in [0.15, 0.2) is 0 Å². The van der Waals surface area contributed by atoms with Crippen LogP contribution < -0.4 is 15.8 Å². The normalized spacial score (nSPS) is 15.0. The third kappa shape index (κ3) is 7.68. The summed E-state index contributed by atoms with van der Waals surface area (Å²) in [6.45, 7) is 6.62. The zero-order valence-corrected chi connectivity index (χ0v) is 18.8. The molecule has 4 N–H and O–H groups in total. The van der Waals surface area contributed by atoms with Crippen molar-refractivity contribution in [1.82, 2.24) is 9.97 Å². The number of fused-ring (bicyclic) bond motifs is 1. The van der Waals surface area contributed by atoms with Gasteiger partial charge in [-0.15, -0.1) is 12.6 Å². The van der Waals surface area contributed by atoms with E-state index in [1.165, 1.54) is 4.90 Å². The monoisotopic (exact) mass is 430 g/mol. The van der Waals surface area contributed by atoms with Crippen LogP contribution in [0.15, 0.2) is 70.7 Å². The molecule has 0 radical (unpaired) electrons. The molecule has 5 nitrogen and oxygen atoms in total. The zero-order chi connectivity index (χ0) is 21.1. The number of benzene rings is 2. The smallest absolute Gasteiger partial charge is 0.120 e. The summed E-state index contributed by atoms with van der Waals surface area (Å²) in [5.74, 6) is 1.83. The van der Waals surface area contributed by atoms with E-state index in [4.69, 9.17) is 10.5 Å². The number of H-pyrrole nitrogens is 1. The fourth-order valence-corrected chi connectivity index (χ4v) is 3.78. The highest BCUT2D eigenvalue weighted by molar-refractivity contribution is 8.00. The molecule has 0 spiro atoms. The number of nitrogens with one attached hydrogen (secondary N) is 2. The number of thioether (sulfide) groups is 1. The summed E-state index contributed by atoms with van der Waals surface area (Å²) in [7, 11) is 0. The Morgan fingerprint density at radius 2 is 1.97 bits per heavy atom. The van der Waals surface area contributed by atoms with Gasteiger partial charge in [-0.3, -0.25) is 0 Å². The first-order valence-electron chi connectivity index (χ1n) is 9.80. The highest BCUT2D eigenvalue weighted by Crippen LogP contribution is 2.41. The molecule has 0 amide bonds. The number of nitrogens with two attached hydrogens (primary N) is 1. The van der Waals surface area contributed by atoms with Crippen molar-refractivity contribution in [2.45, 2.75) is 48.4 Å². The highest BCUT2D eigenvalue weighted by Gasteiger charge is 2.24. The molecule has 0 aliphatic carbocycles. The van der Waals surface area contributed by atoms with Gasteiger partial charge in [-0.2, -0.15) is 0 Å². The fourth-order valence-electron chi connectivity index (χ4n) is 2.50. The Morgan fingerprint density at radius 3 is 2.55 bits per heavy atom. The molecule has 0 saturated heterocycles. The summed E-state index contributed by atoms with van der Waals surface area (Å²) in [5.41, 5.74) is 7.06. The molecule has 0 bridgehead atoms. The van der Waals surface area contributed by atoms with Gasteiger partial charge in [0.05, 0.1) is 12.0 Å². The standard InChI is InChI=1S/C14H18N4OS.C6H6S.C2H6/c1-9(15)14-18-11-3-2-10(8-12(11)20-14)19-7-4-13-16-5-6-17-13;7-6-4-2-1-3-5-6;1-2/h2-3,5-6,8-9,14,18H,4,7,15H2,1H3,(H,16,17);1-5,7H;1-2H3. The average Bonchev–Trinajstić information content (AvgIpc) is 3.40. The molecule has 156 valence electrons. The Morgan fingerprint density at radius 1 is 1.21 bits per heavy atom. The van der Waals surface area contributed by atoms with Crippen molar-refractivity contribution in [3.63, 3.8) is 0 Å². The van der Waals surface area contributed by atoms with E-state index < -0.39 is 0 Å². The molecule has 1 aromatic heterocycles. The summed E-state index contributed by atoms with van der Waals surface area (Å²) >= 11 is 5.84. The van der Waals surface area contributed by atoms with E-state index in [0.717, 1.165) is 28.6 Å². The third-order valence-corrected chi connectivity index (χ3v) is 5.59.